The molecule has 8 heteroatoms. The number of hydrogen-bond acceptors (Lipinski definition) is 5. The first-order valence-electron chi connectivity index (χ1n) is 5.59. The highest BCUT2D eigenvalue weighted by Gasteiger charge is 2.29. The minimum atomic E-state index is -3.57. The van der Waals surface area contributed by atoms with E-state index in [0.717, 1.165) is 16.2 Å². The minimum Gasteiger partial charge on any atom is -0.355 e. The number of rotatable bonds is 3. The summed E-state index contributed by atoms with van der Waals surface area (Å²) in [5.41, 5.74) is 5.47. The van der Waals surface area contributed by atoms with E-state index in [0.29, 0.717) is 26.1 Å². The van der Waals surface area contributed by atoms with Crippen molar-refractivity contribution >= 4 is 27.3 Å². The van der Waals surface area contributed by atoms with Crippen molar-refractivity contribution < 1.29 is 13.2 Å². The van der Waals surface area contributed by atoms with Crippen molar-refractivity contribution in [3.8, 4) is 0 Å². The Morgan fingerprint density at radius 1 is 1.44 bits per heavy atom. The Morgan fingerprint density at radius 3 is 2.89 bits per heavy atom. The summed E-state index contributed by atoms with van der Waals surface area (Å²) in [6.07, 6.45) is 0.625. The second-order valence-corrected chi connectivity index (χ2v) is 7.30. The van der Waals surface area contributed by atoms with Crippen molar-refractivity contribution in [1.82, 2.24) is 9.62 Å². The number of nitrogens with two attached hydrogens (primary N) is 1. The quantitative estimate of drug-likeness (QED) is 0.800. The molecule has 0 bridgehead atoms. The van der Waals surface area contributed by atoms with Crippen LogP contribution in [0, 0.1) is 0 Å². The molecule has 0 radical (unpaired) electrons. The van der Waals surface area contributed by atoms with Gasteiger partial charge in [-0.05, 0) is 18.6 Å². The lowest BCUT2D eigenvalue weighted by Crippen LogP contribution is -2.37. The summed E-state index contributed by atoms with van der Waals surface area (Å²) in [5, 5.41) is 2.65. The predicted octanol–water partition coefficient (Wildman–Crippen LogP) is -0.283. The molecule has 3 N–H and O–H groups in total. The Hall–Kier alpha value is -0.960. The third-order valence-corrected chi connectivity index (χ3v) is 6.08. The van der Waals surface area contributed by atoms with Crippen LogP contribution in [0.5, 0.6) is 0 Å². The predicted molar refractivity (Wildman–Crippen MR) is 68.6 cm³/mol. The van der Waals surface area contributed by atoms with Crippen LogP contribution in [-0.2, 0) is 21.4 Å². The summed E-state index contributed by atoms with van der Waals surface area (Å²) >= 11 is 1.16. The number of carbonyl (C=O) groups excluding carboxylic acids is 1. The van der Waals surface area contributed by atoms with Gasteiger partial charge in [0.25, 0.3) is 10.0 Å². The van der Waals surface area contributed by atoms with E-state index >= 15 is 0 Å². The SMILES string of the molecule is NCc1ccc(S(=O)(=O)N2CCCNC(=O)C2)s1. The molecule has 1 aromatic rings. The number of thiophene rings is 1. The van der Waals surface area contributed by atoms with Crippen LogP contribution in [0.4, 0.5) is 0 Å². The first kappa shape index (κ1) is 13.5. The number of amides is 1. The molecule has 1 aromatic heterocycles. The van der Waals surface area contributed by atoms with Gasteiger partial charge in [0, 0.05) is 24.5 Å². The van der Waals surface area contributed by atoms with Crippen molar-refractivity contribution in [2.45, 2.75) is 17.2 Å². The van der Waals surface area contributed by atoms with E-state index in [1.165, 1.54) is 4.31 Å². The van der Waals surface area contributed by atoms with Crippen molar-refractivity contribution in [2.24, 2.45) is 5.73 Å². The average molecular weight is 289 g/mol. The molecule has 18 heavy (non-hydrogen) atoms. The van der Waals surface area contributed by atoms with Crippen molar-refractivity contribution in [3.05, 3.63) is 17.0 Å². The van der Waals surface area contributed by atoms with Gasteiger partial charge >= 0.3 is 0 Å². The molecule has 2 rings (SSSR count). The Bertz CT molecular complexity index is 538. The van der Waals surface area contributed by atoms with Crippen LogP contribution in [0.3, 0.4) is 0 Å². The fraction of sp³-hybridized carbons (Fsp3) is 0.500. The molecule has 1 saturated heterocycles. The lowest BCUT2D eigenvalue weighted by Gasteiger charge is -2.17. The molecule has 100 valence electrons. The molecule has 1 aliphatic heterocycles. The summed E-state index contributed by atoms with van der Waals surface area (Å²) in [6.45, 7) is 1.08. The fourth-order valence-electron chi connectivity index (χ4n) is 1.72. The van der Waals surface area contributed by atoms with Crippen LogP contribution in [0.25, 0.3) is 0 Å². The smallest absolute Gasteiger partial charge is 0.253 e. The Balaban J connectivity index is 2.26. The van der Waals surface area contributed by atoms with Crippen LogP contribution in [0.2, 0.25) is 0 Å². The van der Waals surface area contributed by atoms with Gasteiger partial charge in [-0.1, -0.05) is 0 Å². The summed E-state index contributed by atoms with van der Waals surface area (Å²) in [4.78, 5) is 12.2. The summed E-state index contributed by atoms with van der Waals surface area (Å²) in [7, 11) is -3.57. The van der Waals surface area contributed by atoms with Crippen LogP contribution >= 0.6 is 11.3 Å². The van der Waals surface area contributed by atoms with E-state index in [1.807, 2.05) is 0 Å². The van der Waals surface area contributed by atoms with Crippen molar-refractivity contribution in [3.63, 3.8) is 0 Å². The lowest BCUT2D eigenvalue weighted by atomic mass is 10.4. The van der Waals surface area contributed by atoms with Gasteiger partial charge in [-0.15, -0.1) is 11.3 Å². The van der Waals surface area contributed by atoms with Crippen LogP contribution < -0.4 is 11.1 Å². The number of sulfonamides is 1. The van der Waals surface area contributed by atoms with Crippen molar-refractivity contribution in [2.75, 3.05) is 19.6 Å². The zero-order valence-electron chi connectivity index (χ0n) is 9.76. The molecule has 1 aliphatic rings. The van der Waals surface area contributed by atoms with E-state index in [9.17, 15) is 13.2 Å². The van der Waals surface area contributed by atoms with Gasteiger partial charge in [-0.25, -0.2) is 8.42 Å². The molecule has 0 atom stereocenters. The van der Waals surface area contributed by atoms with Crippen LogP contribution in [-0.4, -0.2) is 38.3 Å². The molecular weight excluding hydrogens is 274 g/mol. The first-order chi connectivity index (χ1) is 8.54. The molecule has 0 spiro atoms. The molecular formula is C10H15N3O3S2. The molecule has 0 aromatic carbocycles. The Labute approximate surface area is 110 Å². The first-order valence-corrected chi connectivity index (χ1v) is 7.85. The molecule has 1 fully saturated rings. The maximum Gasteiger partial charge on any atom is 0.253 e. The van der Waals surface area contributed by atoms with E-state index < -0.39 is 10.0 Å². The van der Waals surface area contributed by atoms with Gasteiger partial charge in [0.1, 0.15) is 4.21 Å². The topological polar surface area (TPSA) is 92.5 Å². The lowest BCUT2D eigenvalue weighted by molar-refractivity contribution is -0.120. The molecule has 1 amide bonds. The minimum absolute atomic E-state index is 0.113. The molecule has 0 aliphatic carbocycles. The van der Waals surface area contributed by atoms with Gasteiger partial charge in [0.15, 0.2) is 0 Å². The number of carbonyl (C=O) groups is 1. The zero-order valence-corrected chi connectivity index (χ0v) is 11.4. The number of nitrogens with one attached hydrogen (secondary N) is 1. The highest BCUT2D eigenvalue weighted by Crippen LogP contribution is 2.25. The van der Waals surface area contributed by atoms with Crippen LogP contribution in [0.1, 0.15) is 11.3 Å². The second-order valence-electron chi connectivity index (χ2n) is 3.97. The van der Waals surface area contributed by atoms with Gasteiger partial charge < -0.3 is 11.1 Å². The maximum atomic E-state index is 12.3. The average Bonchev–Trinajstić information content (AvgIpc) is 2.72. The highest BCUT2D eigenvalue weighted by molar-refractivity contribution is 7.91. The molecule has 2 heterocycles. The molecule has 0 unspecified atom stereocenters. The largest absolute Gasteiger partial charge is 0.355 e. The van der Waals surface area contributed by atoms with E-state index in [2.05, 4.69) is 5.32 Å². The van der Waals surface area contributed by atoms with Crippen LogP contribution in [0.15, 0.2) is 16.3 Å². The van der Waals surface area contributed by atoms with Gasteiger partial charge in [0.05, 0.1) is 6.54 Å². The van der Waals surface area contributed by atoms with E-state index in [4.69, 9.17) is 5.73 Å². The normalized spacial score (nSPS) is 18.4. The van der Waals surface area contributed by atoms with Gasteiger partial charge in [-0.2, -0.15) is 4.31 Å². The molecule has 6 nitrogen and oxygen atoms in total. The Morgan fingerprint density at radius 2 is 2.22 bits per heavy atom. The number of hydrogen-bond donors (Lipinski definition) is 2. The standard InChI is InChI=1S/C10H15N3O3S2/c11-6-8-2-3-10(17-8)18(15,16)13-5-1-4-12-9(14)7-13/h2-3H,1,4-7,11H2,(H,12,14). The number of nitrogens with zero attached hydrogens (tertiary/aromatic N) is 1. The highest BCUT2D eigenvalue weighted by atomic mass is 32.2. The fourth-order valence-corrected chi connectivity index (χ4v) is 4.54. The third-order valence-electron chi connectivity index (χ3n) is 2.66. The van der Waals surface area contributed by atoms with Gasteiger partial charge in [0.2, 0.25) is 5.91 Å². The van der Waals surface area contributed by atoms with E-state index in [1.54, 1.807) is 12.1 Å². The van der Waals surface area contributed by atoms with Gasteiger partial charge in [-0.3, -0.25) is 4.79 Å². The zero-order chi connectivity index (χ0) is 13.2. The summed E-state index contributed by atoms with van der Waals surface area (Å²) in [6, 6.07) is 3.25. The monoisotopic (exact) mass is 289 g/mol. The summed E-state index contributed by atoms with van der Waals surface area (Å²) in [5.74, 6) is -0.258. The summed E-state index contributed by atoms with van der Waals surface area (Å²) < 4.78 is 26.1. The second kappa shape index (κ2) is 5.35. The van der Waals surface area contributed by atoms with E-state index in [-0.39, 0.29) is 16.7 Å². The molecule has 0 saturated carbocycles. The third kappa shape index (κ3) is 2.72. The Kier molecular flexibility index (Phi) is 4.00. The van der Waals surface area contributed by atoms with Crippen molar-refractivity contribution in [1.29, 1.82) is 0 Å². The maximum absolute atomic E-state index is 12.3.